The van der Waals surface area contributed by atoms with Gasteiger partial charge in [0.1, 0.15) is 0 Å². The van der Waals surface area contributed by atoms with Crippen molar-refractivity contribution in [3.8, 4) is 0 Å². The number of carbonyl (C=O) groups is 2. The molecule has 0 aromatic heterocycles. The molecule has 16 heteroatoms. The number of rotatable bonds is 0. The van der Waals surface area contributed by atoms with Crippen LogP contribution in [0.1, 0.15) is 13.8 Å². The molecule has 2 saturated heterocycles. The zero-order valence-corrected chi connectivity index (χ0v) is 17.6. The summed E-state index contributed by atoms with van der Waals surface area (Å²) in [5, 5.41) is 21.0. The predicted octanol–water partition coefficient (Wildman–Crippen LogP) is -10.1. The Morgan fingerprint density at radius 3 is 1.30 bits per heavy atom. The van der Waals surface area contributed by atoms with Crippen LogP contribution >= 0.6 is 0 Å². The number of ether oxygens (including phenoxy) is 1. The van der Waals surface area contributed by atoms with Gasteiger partial charge in [0.2, 0.25) is 0 Å². The number of hydrogen-bond donors (Lipinski definition) is 0. The zero-order chi connectivity index (χ0) is 13.7. The number of fused-ring (bicyclic) bond motifs is 2. The van der Waals surface area contributed by atoms with Gasteiger partial charge in [-0.25, -0.2) is 0 Å². The topological polar surface area (TPSA) is 136 Å². The molecule has 0 atom stereocenters. The average Bonchev–Trinajstić information content (AvgIpc) is 2.12. The SMILES string of the molecule is CC(=O)OC(C)=O.[K+].[K+].[O-]B1OB2OB([O-])OB(O1)O2. The molecular formula is C4H6B4K2O10. The molecule has 0 N–H and O–H groups in total. The molecule has 0 amide bonds. The third-order valence-corrected chi connectivity index (χ3v) is 1.40. The predicted molar refractivity (Wildman–Crippen MR) is 50.9 cm³/mol. The van der Waals surface area contributed by atoms with Crippen LogP contribution in [0.25, 0.3) is 0 Å². The first-order valence-corrected chi connectivity index (χ1v) is 4.64. The van der Waals surface area contributed by atoms with Crippen molar-refractivity contribution < 1.29 is 150 Å². The Bertz CT molecular complexity index is 276. The molecule has 0 radical (unpaired) electrons. The smallest absolute Gasteiger partial charge is 0.833 e. The fourth-order valence-electron chi connectivity index (χ4n) is 0.913. The molecule has 96 valence electrons. The summed E-state index contributed by atoms with van der Waals surface area (Å²) in [6.45, 7) is 2.36. The summed E-state index contributed by atoms with van der Waals surface area (Å²) in [6.07, 6.45) is 0. The van der Waals surface area contributed by atoms with Crippen LogP contribution in [-0.4, -0.2) is 41.2 Å². The van der Waals surface area contributed by atoms with E-state index in [0.717, 1.165) is 0 Å². The van der Waals surface area contributed by atoms with Crippen molar-refractivity contribution >= 4 is 41.2 Å². The van der Waals surface area contributed by atoms with Crippen molar-refractivity contribution in [1.29, 1.82) is 0 Å². The Balaban J connectivity index is 0. The van der Waals surface area contributed by atoms with Gasteiger partial charge in [-0.15, -0.1) is 0 Å². The van der Waals surface area contributed by atoms with E-state index in [2.05, 4.69) is 27.6 Å². The maximum Gasteiger partial charge on any atom is 1.00 e. The minimum atomic E-state index is -1.73. The van der Waals surface area contributed by atoms with Crippen molar-refractivity contribution in [3.05, 3.63) is 0 Å². The second kappa shape index (κ2) is 12.8. The van der Waals surface area contributed by atoms with E-state index in [4.69, 9.17) is 0 Å². The molecule has 2 fully saturated rings. The molecule has 2 rings (SSSR count). The van der Waals surface area contributed by atoms with Gasteiger partial charge in [0.25, 0.3) is 0 Å². The van der Waals surface area contributed by atoms with Crippen LogP contribution in [0.5, 0.6) is 0 Å². The van der Waals surface area contributed by atoms with E-state index < -0.39 is 41.2 Å². The molecular weight excluding hydrogens is 329 g/mol. The molecule has 20 heavy (non-hydrogen) atoms. The number of esters is 2. The molecule has 0 saturated carbocycles. The fraction of sp³-hybridized carbons (Fsp3) is 0.500. The van der Waals surface area contributed by atoms with Crippen molar-refractivity contribution in [2.75, 3.05) is 0 Å². The molecule has 2 bridgehead atoms. The van der Waals surface area contributed by atoms with E-state index in [1.54, 1.807) is 0 Å². The van der Waals surface area contributed by atoms with Gasteiger partial charge in [0, 0.05) is 13.8 Å². The van der Waals surface area contributed by atoms with E-state index in [0.29, 0.717) is 0 Å². The van der Waals surface area contributed by atoms with Crippen molar-refractivity contribution in [3.63, 3.8) is 0 Å². The molecule has 0 aromatic rings. The molecule has 2 aliphatic rings. The summed E-state index contributed by atoms with van der Waals surface area (Å²) in [4.78, 5) is 19.6. The van der Waals surface area contributed by atoms with Gasteiger partial charge >= 0.3 is 144 Å². The Kier molecular flexibility index (Phi) is 15.7. The van der Waals surface area contributed by atoms with Gasteiger partial charge in [-0.2, -0.15) is 0 Å². The van der Waals surface area contributed by atoms with E-state index in [9.17, 15) is 19.6 Å². The van der Waals surface area contributed by atoms with Crippen LogP contribution in [0.2, 0.25) is 0 Å². The monoisotopic (exact) mass is 336 g/mol. The molecule has 0 aromatic carbocycles. The summed E-state index contributed by atoms with van der Waals surface area (Å²) < 4.78 is 25.8. The average molecular weight is 336 g/mol. The van der Waals surface area contributed by atoms with Gasteiger partial charge in [-0.3, -0.25) is 9.59 Å². The molecule has 0 aliphatic carbocycles. The van der Waals surface area contributed by atoms with Crippen LogP contribution < -0.4 is 113 Å². The minimum Gasteiger partial charge on any atom is -0.833 e. The standard InChI is InChI=1S/C4H6O3.B4O7.2K/c1-3(5)7-4(2)6;5-1-7-3-9-2(6)10-4(8-1)11-3;;/h1-2H3;;;/q;-2;2*+1. The Labute approximate surface area is 201 Å². The first-order valence-electron chi connectivity index (χ1n) is 4.64. The summed E-state index contributed by atoms with van der Waals surface area (Å²) in [7, 11) is -6.00. The van der Waals surface area contributed by atoms with Crippen molar-refractivity contribution in [1.82, 2.24) is 0 Å². The van der Waals surface area contributed by atoms with Crippen molar-refractivity contribution in [2.24, 2.45) is 0 Å². The first-order chi connectivity index (χ1) is 8.36. The van der Waals surface area contributed by atoms with E-state index in [-0.39, 0.29) is 103 Å². The van der Waals surface area contributed by atoms with Gasteiger partial charge < -0.3 is 37.6 Å². The van der Waals surface area contributed by atoms with Gasteiger partial charge in [0.15, 0.2) is 0 Å². The summed E-state index contributed by atoms with van der Waals surface area (Å²) in [5.41, 5.74) is 0. The molecule has 2 heterocycles. The van der Waals surface area contributed by atoms with Crippen LogP contribution in [0.4, 0.5) is 0 Å². The molecule has 0 spiro atoms. The maximum atomic E-state index is 10.5. The third kappa shape index (κ3) is 11.0. The summed E-state index contributed by atoms with van der Waals surface area (Å²) >= 11 is 0. The number of carbonyl (C=O) groups excluding carboxylic acids is 2. The summed E-state index contributed by atoms with van der Waals surface area (Å²) in [6, 6.07) is 0. The fourth-order valence-corrected chi connectivity index (χ4v) is 0.913. The van der Waals surface area contributed by atoms with Crippen LogP contribution in [0.15, 0.2) is 0 Å². The Hall–Kier alpha value is 2.39. The second-order valence-corrected chi connectivity index (χ2v) is 2.92. The van der Waals surface area contributed by atoms with E-state index >= 15 is 0 Å². The van der Waals surface area contributed by atoms with Gasteiger partial charge in [-0.05, 0) is 0 Å². The van der Waals surface area contributed by atoms with Crippen molar-refractivity contribution in [2.45, 2.75) is 13.8 Å². The maximum absolute atomic E-state index is 10.5. The van der Waals surface area contributed by atoms with Gasteiger partial charge in [-0.1, -0.05) is 0 Å². The largest absolute Gasteiger partial charge is 1.00 e. The quantitative estimate of drug-likeness (QED) is 0.238. The third-order valence-electron chi connectivity index (χ3n) is 1.40. The Morgan fingerprint density at radius 2 is 1.10 bits per heavy atom. The van der Waals surface area contributed by atoms with E-state index in [1.807, 2.05) is 0 Å². The first kappa shape index (κ1) is 24.6. The molecule has 10 nitrogen and oxygen atoms in total. The summed E-state index contributed by atoms with van der Waals surface area (Å²) in [5.74, 6) is -1.12. The van der Waals surface area contributed by atoms with Crippen LogP contribution in [0.3, 0.4) is 0 Å². The van der Waals surface area contributed by atoms with Crippen LogP contribution in [-0.2, 0) is 37.2 Å². The minimum absolute atomic E-state index is 0. The molecule has 2 aliphatic heterocycles. The Morgan fingerprint density at radius 1 is 0.800 bits per heavy atom. The van der Waals surface area contributed by atoms with E-state index in [1.165, 1.54) is 13.8 Å². The zero-order valence-electron chi connectivity index (χ0n) is 11.4. The van der Waals surface area contributed by atoms with Crippen LogP contribution in [0, 0.1) is 0 Å². The number of hydrogen-bond acceptors (Lipinski definition) is 10. The van der Waals surface area contributed by atoms with Gasteiger partial charge in [0.05, 0.1) is 0 Å². The molecule has 0 unspecified atom stereocenters. The second-order valence-electron chi connectivity index (χ2n) is 2.92. The normalized spacial score (nSPS) is 16.2.